The molecule has 0 aromatic heterocycles. The molecule has 6 heteroatoms. The van der Waals surface area contributed by atoms with Crippen LogP contribution in [0.5, 0.6) is 0 Å². The summed E-state index contributed by atoms with van der Waals surface area (Å²) in [5, 5.41) is 4.99. The summed E-state index contributed by atoms with van der Waals surface area (Å²) in [6.07, 6.45) is 0.193. The molecule has 0 saturated carbocycles. The summed E-state index contributed by atoms with van der Waals surface area (Å²) in [5.74, 6) is -1.06. The summed E-state index contributed by atoms with van der Waals surface area (Å²) >= 11 is 0. The van der Waals surface area contributed by atoms with E-state index in [1.54, 1.807) is 25.9 Å². The quantitative estimate of drug-likeness (QED) is 0.779. The molecule has 1 aromatic carbocycles. The van der Waals surface area contributed by atoms with E-state index in [9.17, 15) is 14.4 Å². The fraction of sp³-hybridized carbons (Fsp3) is 0.500. The minimum atomic E-state index is -0.778. The first-order valence-electron chi connectivity index (χ1n) is 8.06. The number of hydrogen-bond donors (Lipinski definition) is 2. The number of likely N-dealkylation sites (N-methyl/N-ethyl adjacent to an activating group) is 1. The van der Waals surface area contributed by atoms with E-state index in [-0.39, 0.29) is 24.2 Å². The first-order chi connectivity index (χ1) is 11.2. The summed E-state index contributed by atoms with van der Waals surface area (Å²) in [6, 6.07) is 8.09. The molecule has 2 atom stereocenters. The minimum Gasteiger partial charge on any atom is -0.344 e. The molecule has 0 saturated heterocycles. The van der Waals surface area contributed by atoms with Gasteiger partial charge in [-0.15, -0.1) is 0 Å². The molecule has 3 amide bonds. The summed E-state index contributed by atoms with van der Waals surface area (Å²) in [6.45, 7) is 5.39. The standard InChI is InChI=1S/C18H27N3O3/c1-12(2)16(21(4)5)18(24)20-17(23)13(3)19-15(22)11-14-9-7-6-8-10-14/h6-10,12-13,16H,11H2,1-5H3,(H,19,22)(H,20,23,24)/t13-,16-/m0/s1. The third kappa shape index (κ3) is 6.12. The lowest BCUT2D eigenvalue weighted by Gasteiger charge is -2.26. The Hall–Kier alpha value is -2.21. The molecule has 1 aromatic rings. The van der Waals surface area contributed by atoms with Gasteiger partial charge in [-0.05, 0) is 32.5 Å². The molecule has 6 nitrogen and oxygen atoms in total. The second kappa shape index (κ2) is 9.17. The largest absolute Gasteiger partial charge is 0.344 e. The lowest BCUT2D eigenvalue weighted by molar-refractivity contribution is -0.136. The molecule has 0 fully saturated rings. The van der Waals surface area contributed by atoms with E-state index in [0.29, 0.717) is 0 Å². The average molecular weight is 333 g/mol. The number of nitrogens with zero attached hydrogens (tertiary/aromatic N) is 1. The molecule has 24 heavy (non-hydrogen) atoms. The molecule has 2 N–H and O–H groups in total. The van der Waals surface area contributed by atoms with Gasteiger partial charge in [0.05, 0.1) is 12.5 Å². The zero-order valence-electron chi connectivity index (χ0n) is 15.0. The van der Waals surface area contributed by atoms with E-state index < -0.39 is 18.0 Å². The van der Waals surface area contributed by atoms with E-state index in [2.05, 4.69) is 10.6 Å². The molecule has 0 aliphatic carbocycles. The second-order valence-corrected chi connectivity index (χ2v) is 6.46. The van der Waals surface area contributed by atoms with Crippen LogP contribution in [0.15, 0.2) is 30.3 Å². The van der Waals surface area contributed by atoms with Gasteiger partial charge in [-0.3, -0.25) is 24.6 Å². The van der Waals surface area contributed by atoms with Gasteiger partial charge in [-0.1, -0.05) is 44.2 Å². The molecule has 0 radical (unpaired) electrons. The van der Waals surface area contributed by atoms with Crippen molar-refractivity contribution in [1.82, 2.24) is 15.5 Å². The topological polar surface area (TPSA) is 78.5 Å². The highest BCUT2D eigenvalue weighted by atomic mass is 16.2. The zero-order chi connectivity index (χ0) is 18.3. The molecule has 0 unspecified atom stereocenters. The molecule has 0 bridgehead atoms. The molecular weight excluding hydrogens is 306 g/mol. The van der Waals surface area contributed by atoms with Crippen molar-refractivity contribution in [1.29, 1.82) is 0 Å². The van der Waals surface area contributed by atoms with Gasteiger partial charge in [0.2, 0.25) is 17.7 Å². The Morgan fingerprint density at radius 1 is 1.00 bits per heavy atom. The van der Waals surface area contributed by atoms with Crippen LogP contribution in [0.2, 0.25) is 0 Å². The Morgan fingerprint density at radius 3 is 2.08 bits per heavy atom. The third-order valence-corrected chi connectivity index (χ3v) is 3.68. The fourth-order valence-corrected chi connectivity index (χ4v) is 2.58. The van der Waals surface area contributed by atoms with Crippen LogP contribution in [-0.2, 0) is 20.8 Å². The van der Waals surface area contributed by atoms with E-state index in [0.717, 1.165) is 5.56 Å². The maximum Gasteiger partial charge on any atom is 0.248 e. The lowest BCUT2D eigenvalue weighted by Crippen LogP contribution is -2.53. The summed E-state index contributed by atoms with van der Waals surface area (Å²) in [7, 11) is 3.58. The van der Waals surface area contributed by atoms with Crippen LogP contribution in [-0.4, -0.2) is 48.8 Å². The van der Waals surface area contributed by atoms with E-state index in [1.807, 2.05) is 44.2 Å². The number of amides is 3. The van der Waals surface area contributed by atoms with Crippen LogP contribution in [0.1, 0.15) is 26.3 Å². The Labute approximate surface area is 143 Å². The highest BCUT2D eigenvalue weighted by Crippen LogP contribution is 2.07. The highest BCUT2D eigenvalue weighted by molar-refractivity contribution is 6.01. The van der Waals surface area contributed by atoms with Crippen molar-refractivity contribution in [2.24, 2.45) is 5.92 Å². The van der Waals surface area contributed by atoms with Crippen molar-refractivity contribution in [3.05, 3.63) is 35.9 Å². The van der Waals surface area contributed by atoms with Crippen LogP contribution in [0, 0.1) is 5.92 Å². The maximum absolute atomic E-state index is 12.2. The Kier molecular flexibility index (Phi) is 7.58. The second-order valence-electron chi connectivity index (χ2n) is 6.46. The van der Waals surface area contributed by atoms with E-state index in [1.165, 1.54) is 0 Å². The third-order valence-electron chi connectivity index (χ3n) is 3.68. The van der Waals surface area contributed by atoms with Crippen molar-refractivity contribution in [2.75, 3.05) is 14.1 Å². The number of carbonyl (C=O) groups is 3. The number of nitrogens with one attached hydrogen (secondary N) is 2. The van der Waals surface area contributed by atoms with Crippen molar-refractivity contribution >= 4 is 17.7 Å². The van der Waals surface area contributed by atoms with Crippen molar-refractivity contribution in [3.8, 4) is 0 Å². The van der Waals surface area contributed by atoms with Crippen LogP contribution < -0.4 is 10.6 Å². The average Bonchev–Trinajstić information content (AvgIpc) is 2.46. The zero-order valence-corrected chi connectivity index (χ0v) is 15.0. The molecule has 0 aliphatic rings. The highest BCUT2D eigenvalue weighted by Gasteiger charge is 2.27. The van der Waals surface area contributed by atoms with Gasteiger partial charge in [-0.25, -0.2) is 0 Å². The van der Waals surface area contributed by atoms with Crippen LogP contribution in [0.4, 0.5) is 0 Å². The Morgan fingerprint density at radius 2 is 1.58 bits per heavy atom. The van der Waals surface area contributed by atoms with Crippen LogP contribution in [0.25, 0.3) is 0 Å². The SMILES string of the molecule is CC(C)[C@@H](C(=O)NC(=O)[C@H](C)NC(=O)Cc1ccccc1)N(C)C. The first-order valence-corrected chi connectivity index (χ1v) is 8.06. The Balaban J connectivity index is 2.55. The van der Waals surface area contributed by atoms with Crippen molar-refractivity contribution < 1.29 is 14.4 Å². The van der Waals surface area contributed by atoms with Gasteiger partial charge in [0.25, 0.3) is 0 Å². The molecule has 1 rings (SSSR count). The number of imide groups is 1. The van der Waals surface area contributed by atoms with Gasteiger partial charge in [0.1, 0.15) is 6.04 Å². The van der Waals surface area contributed by atoms with Crippen LogP contribution >= 0.6 is 0 Å². The molecular formula is C18H27N3O3. The summed E-state index contributed by atoms with van der Waals surface area (Å²) in [5.41, 5.74) is 0.867. The van der Waals surface area contributed by atoms with Gasteiger partial charge in [-0.2, -0.15) is 0 Å². The van der Waals surface area contributed by atoms with Crippen molar-refractivity contribution in [2.45, 2.75) is 39.3 Å². The number of benzene rings is 1. The molecule has 0 aliphatic heterocycles. The van der Waals surface area contributed by atoms with Crippen molar-refractivity contribution in [3.63, 3.8) is 0 Å². The fourth-order valence-electron chi connectivity index (χ4n) is 2.58. The van der Waals surface area contributed by atoms with Gasteiger partial charge < -0.3 is 5.32 Å². The van der Waals surface area contributed by atoms with Gasteiger partial charge in [0.15, 0.2) is 0 Å². The number of rotatable bonds is 7. The number of carbonyl (C=O) groups excluding carboxylic acids is 3. The van der Waals surface area contributed by atoms with E-state index in [4.69, 9.17) is 0 Å². The molecule has 132 valence electrons. The summed E-state index contributed by atoms with van der Waals surface area (Å²) in [4.78, 5) is 38.1. The molecule has 0 heterocycles. The summed E-state index contributed by atoms with van der Waals surface area (Å²) < 4.78 is 0. The van der Waals surface area contributed by atoms with Gasteiger partial charge >= 0.3 is 0 Å². The lowest BCUT2D eigenvalue weighted by atomic mass is 10.0. The predicted molar refractivity (Wildman–Crippen MR) is 93.2 cm³/mol. The monoisotopic (exact) mass is 333 g/mol. The van der Waals surface area contributed by atoms with Crippen LogP contribution in [0.3, 0.4) is 0 Å². The predicted octanol–water partition coefficient (Wildman–Crippen LogP) is 0.963. The smallest absolute Gasteiger partial charge is 0.248 e. The molecule has 0 spiro atoms. The van der Waals surface area contributed by atoms with E-state index >= 15 is 0 Å². The number of hydrogen-bond acceptors (Lipinski definition) is 4. The first kappa shape index (κ1) is 19.8. The Bertz CT molecular complexity index is 562. The maximum atomic E-state index is 12.2. The normalized spacial score (nSPS) is 13.5. The van der Waals surface area contributed by atoms with Gasteiger partial charge in [0, 0.05) is 0 Å². The minimum absolute atomic E-state index is 0.0655.